The van der Waals surface area contributed by atoms with Crippen LogP contribution in [0.15, 0.2) is 164 Å². The molecule has 10 aromatic rings. The van der Waals surface area contributed by atoms with Crippen molar-refractivity contribution in [2.24, 2.45) is 0 Å². The second-order valence-electron chi connectivity index (χ2n) is 12.6. The van der Waals surface area contributed by atoms with E-state index in [0.29, 0.717) is 0 Å². The van der Waals surface area contributed by atoms with Gasteiger partial charge in [-0.15, -0.1) is 0 Å². The second kappa shape index (κ2) is 11.4. The Morgan fingerprint density at radius 1 is 0.360 bits per heavy atom. The molecule has 0 atom stereocenters. The Morgan fingerprint density at radius 2 is 0.920 bits per heavy atom. The molecule has 232 valence electrons. The monoisotopic (exact) mass is 637 g/mol. The van der Waals surface area contributed by atoms with Gasteiger partial charge in [0.25, 0.3) is 0 Å². The number of benzene rings is 5. The van der Waals surface area contributed by atoms with Crippen LogP contribution in [0.1, 0.15) is 0 Å². The minimum Gasteiger partial charge on any atom is -0.264 e. The zero-order chi connectivity index (χ0) is 33.0. The molecule has 10 rings (SSSR count). The minimum atomic E-state index is 0.910. The number of nitrogens with zero attached hydrogens (tertiary/aromatic N) is 5. The molecule has 0 bridgehead atoms. The van der Waals surface area contributed by atoms with E-state index in [9.17, 15) is 0 Å². The Labute approximate surface area is 287 Å². The Hall–Kier alpha value is -6.85. The molecular weight excluding hydrogens is 611 g/mol. The van der Waals surface area contributed by atoms with Gasteiger partial charge < -0.3 is 0 Å². The van der Waals surface area contributed by atoms with Gasteiger partial charge in [0, 0.05) is 56.8 Å². The first-order valence-electron chi connectivity index (χ1n) is 16.6. The third kappa shape index (κ3) is 4.75. The highest BCUT2D eigenvalue weighted by molar-refractivity contribution is 6.07. The van der Waals surface area contributed by atoms with Gasteiger partial charge in [-0.05, 0) is 70.4 Å². The maximum Gasteiger partial charge on any atom is 0.0972 e. The Balaban J connectivity index is 1.06. The van der Waals surface area contributed by atoms with Gasteiger partial charge in [-0.2, -0.15) is 0 Å². The van der Waals surface area contributed by atoms with Crippen molar-refractivity contribution in [1.29, 1.82) is 0 Å². The van der Waals surface area contributed by atoms with Crippen molar-refractivity contribution in [3.63, 3.8) is 0 Å². The van der Waals surface area contributed by atoms with E-state index in [4.69, 9.17) is 15.0 Å². The molecule has 5 heterocycles. The molecule has 0 radical (unpaired) electrons. The number of pyridine rings is 5. The van der Waals surface area contributed by atoms with Crippen LogP contribution in [0.3, 0.4) is 0 Å². The summed E-state index contributed by atoms with van der Waals surface area (Å²) in [7, 11) is 0. The summed E-state index contributed by atoms with van der Waals surface area (Å²) in [5, 5.41) is 6.63. The van der Waals surface area contributed by atoms with E-state index in [0.717, 1.165) is 99.3 Å². The van der Waals surface area contributed by atoms with Gasteiger partial charge in [-0.25, -0.2) is 15.0 Å². The van der Waals surface area contributed by atoms with E-state index in [1.807, 2.05) is 36.7 Å². The van der Waals surface area contributed by atoms with Gasteiger partial charge in [0.2, 0.25) is 0 Å². The highest BCUT2D eigenvalue weighted by atomic mass is 14.8. The summed E-state index contributed by atoms with van der Waals surface area (Å²) >= 11 is 0. The van der Waals surface area contributed by atoms with Gasteiger partial charge in [-0.1, -0.05) is 97.1 Å². The fourth-order valence-electron chi connectivity index (χ4n) is 7.04. The first-order chi connectivity index (χ1) is 24.7. The van der Waals surface area contributed by atoms with Crippen LogP contribution < -0.4 is 0 Å². The lowest BCUT2D eigenvalue weighted by molar-refractivity contribution is 1.30. The molecule has 0 saturated carbocycles. The molecule has 0 aliphatic carbocycles. The van der Waals surface area contributed by atoms with Gasteiger partial charge in [0.05, 0.1) is 39.1 Å². The number of aromatic nitrogens is 5. The van der Waals surface area contributed by atoms with Crippen LogP contribution in [0.4, 0.5) is 0 Å². The van der Waals surface area contributed by atoms with E-state index in [1.165, 1.54) is 0 Å². The van der Waals surface area contributed by atoms with Gasteiger partial charge in [0.15, 0.2) is 0 Å². The Kier molecular flexibility index (Phi) is 6.42. The molecule has 50 heavy (non-hydrogen) atoms. The predicted octanol–water partition coefficient (Wildman–Crippen LogP) is 11.1. The molecule has 0 amide bonds. The number of hydrogen-bond acceptors (Lipinski definition) is 5. The van der Waals surface area contributed by atoms with Crippen LogP contribution >= 0.6 is 0 Å². The van der Waals surface area contributed by atoms with Crippen molar-refractivity contribution in [2.45, 2.75) is 0 Å². The standard InChI is InChI=1S/C45H27N5/c1-2-8-36-35(7-1)37(18-19-38(36)41-22-17-31-12-11-30-5-4-24-47-44(30)45(31)50-41)40-21-16-29-10-14-33(26-43(29)49-40)32-13-9-28-15-20-39(48-42(28)25-32)34-6-3-23-46-27-34/h1-27H. The first kappa shape index (κ1) is 28.2. The number of hydrogen-bond donors (Lipinski definition) is 0. The van der Waals surface area contributed by atoms with Crippen LogP contribution in [0.2, 0.25) is 0 Å². The molecule has 5 aromatic carbocycles. The minimum absolute atomic E-state index is 0.910. The van der Waals surface area contributed by atoms with Crippen LogP contribution in [-0.2, 0) is 0 Å². The Morgan fingerprint density at radius 3 is 1.60 bits per heavy atom. The predicted molar refractivity (Wildman–Crippen MR) is 205 cm³/mol. The highest BCUT2D eigenvalue weighted by Crippen LogP contribution is 2.37. The summed E-state index contributed by atoms with van der Waals surface area (Å²) in [5.41, 5.74) is 11.9. The van der Waals surface area contributed by atoms with E-state index < -0.39 is 0 Å². The highest BCUT2D eigenvalue weighted by Gasteiger charge is 2.14. The molecular formula is C45H27N5. The summed E-state index contributed by atoms with van der Waals surface area (Å²) < 4.78 is 0. The molecule has 5 aromatic heterocycles. The first-order valence-corrected chi connectivity index (χ1v) is 16.6. The lowest BCUT2D eigenvalue weighted by Crippen LogP contribution is -1.92. The summed E-state index contributed by atoms with van der Waals surface area (Å²) in [6, 6.07) is 50.8. The molecule has 5 heteroatoms. The second-order valence-corrected chi connectivity index (χ2v) is 12.6. The molecule has 0 aliphatic heterocycles. The van der Waals surface area contributed by atoms with Crippen LogP contribution in [-0.4, -0.2) is 24.9 Å². The smallest absolute Gasteiger partial charge is 0.0972 e. The van der Waals surface area contributed by atoms with E-state index in [2.05, 4.69) is 131 Å². The molecule has 0 spiro atoms. The fraction of sp³-hybridized carbons (Fsp3) is 0. The van der Waals surface area contributed by atoms with Crippen molar-refractivity contribution >= 4 is 54.4 Å². The van der Waals surface area contributed by atoms with Crippen molar-refractivity contribution in [3.8, 4) is 44.9 Å². The average Bonchev–Trinajstić information content (AvgIpc) is 3.19. The van der Waals surface area contributed by atoms with Crippen molar-refractivity contribution in [1.82, 2.24) is 24.9 Å². The molecule has 0 aliphatic rings. The van der Waals surface area contributed by atoms with Crippen LogP contribution in [0.5, 0.6) is 0 Å². The maximum atomic E-state index is 5.23. The summed E-state index contributed by atoms with van der Waals surface area (Å²) in [4.78, 5) is 24.3. The van der Waals surface area contributed by atoms with Crippen LogP contribution in [0.25, 0.3) is 99.3 Å². The average molecular weight is 638 g/mol. The lowest BCUT2D eigenvalue weighted by Gasteiger charge is -2.13. The van der Waals surface area contributed by atoms with E-state index >= 15 is 0 Å². The largest absolute Gasteiger partial charge is 0.264 e. The lowest BCUT2D eigenvalue weighted by atomic mass is 9.95. The fourth-order valence-corrected chi connectivity index (χ4v) is 7.04. The van der Waals surface area contributed by atoms with E-state index in [1.54, 1.807) is 6.20 Å². The zero-order valence-corrected chi connectivity index (χ0v) is 26.8. The number of rotatable bonds is 4. The van der Waals surface area contributed by atoms with Gasteiger partial charge in [-0.3, -0.25) is 9.97 Å². The summed E-state index contributed by atoms with van der Waals surface area (Å²) in [5.74, 6) is 0. The SMILES string of the molecule is c1cncc(-c2ccc3ccc(-c4ccc5ccc(-c6ccc(-c7ccc8ccc9cccnc9c8n7)c7ccccc67)nc5c4)cc3n2)c1. The van der Waals surface area contributed by atoms with Gasteiger partial charge >= 0.3 is 0 Å². The van der Waals surface area contributed by atoms with Gasteiger partial charge in [0.1, 0.15) is 0 Å². The molecule has 0 fully saturated rings. The Bertz CT molecular complexity index is 2940. The van der Waals surface area contributed by atoms with E-state index in [-0.39, 0.29) is 0 Å². The molecule has 0 saturated heterocycles. The summed E-state index contributed by atoms with van der Waals surface area (Å²) in [6.07, 6.45) is 5.46. The topological polar surface area (TPSA) is 64.5 Å². The maximum absolute atomic E-state index is 5.23. The number of fused-ring (bicyclic) bond motifs is 6. The molecule has 5 nitrogen and oxygen atoms in total. The molecule has 0 unspecified atom stereocenters. The normalized spacial score (nSPS) is 11.6. The summed E-state index contributed by atoms with van der Waals surface area (Å²) in [6.45, 7) is 0. The zero-order valence-electron chi connectivity index (χ0n) is 26.8. The van der Waals surface area contributed by atoms with Crippen molar-refractivity contribution < 1.29 is 0 Å². The van der Waals surface area contributed by atoms with Crippen molar-refractivity contribution in [2.75, 3.05) is 0 Å². The molecule has 0 N–H and O–H groups in total. The van der Waals surface area contributed by atoms with Crippen LogP contribution in [0, 0.1) is 0 Å². The van der Waals surface area contributed by atoms with Crippen molar-refractivity contribution in [3.05, 3.63) is 164 Å². The quantitative estimate of drug-likeness (QED) is 0.180. The third-order valence-electron chi connectivity index (χ3n) is 9.58. The third-order valence-corrected chi connectivity index (χ3v) is 9.58.